The predicted molar refractivity (Wildman–Crippen MR) is 75.0 cm³/mol. The lowest BCUT2D eigenvalue weighted by Crippen LogP contribution is -2.49. The van der Waals surface area contributed by atoms with E-state index in [1.807, 2.05) is 0 Å². The van der Waals surface area contributed by atoms with E-state index in [4.69, 9.17) is 9.84 Å². The molecule has 0 saturated heterocycles. The molecule has 1 atom stereocenters. The van der Waals surface area contributed by atoms with E-state index < -0.39 is 24.5 Å². The summed E-state index contributed by atoms with van der Waals surface area (Å²) in [7, 11) is 1.51. The minimum absolute atomic E-state index is 0.145. The van der Waals surface area contributed by atoms with Crippen molar-refractivity contribution < 1.29 is 24.2 Å². The molecule has 3 N–H and O–H groups in total. The summed E-state index contributed by atoms with van der Waals surface area (Å²) in [5.41, 5.74) is 0.327. The zero-order valence-electron chi connectivity index (χ0n) is 11.9. The van der Waals surface area contributed by atoms with Crippen molar-refractivity contribution in [1.29, 1.82) is 0 Å². The highest BCUT2D eigenvalue weighted by atomic mass is 16.5. The molecule has 0 fully saturated rings. The molecule has 1 rings (SSSR count). The highest BCUT2D eigenvalue weighted by Gasteiger charge is 2.20. The molecule has 21 heavy (non-hydrogen) atoms. The second-order valence-electron chi connectivity index (χ2n) is 4.36. The number of ether oxygens (including phenoxy) is 1. The van der Waals surface area contributed by atoms with Gasteiger partial charge in [-0.3, -0.25) is 14.4 Å². The largest absolute Gasteiger partial charge is 0.497 e. The Morgan fingerprint density at radius 3 is 2.33 bits per heavy atom. The van der Waals surface area contributed by atoms with Gasteiger partial charge in [0.25, 0.3) is 5.91 Å². The maximum Gasteiger partial charge on any atom is 0.252 e. The van der Waals surface area contributed by atoms with Crippen molar-refractivity contribution in [2.45, 2.75) is 13.0 Å². The smallest absolute Gasteiger partial charge is 0.252 e. The molecule has 1 aromatic rings. The van der Waals surface area contributed by atoms with Crippen LogP contribution in [-0.2, 0) is 9.59 Å². The first-order valence-corrected chi connectivity index (χ1v) is 6.31. The molecule has 0 saturated carbocycles. The standard InChI is InChI=1S/C14H18N2O5/c1-9(18)7-15-14(20)12(8-17)16-13(19)10-3-5-11(21-2)6-4-10/h3-6,12,17H,7-8H2,1-2H3,(H,15,20)(H,16,19). The zero-order chi connectivity index (χ0) is 15.8. The lowest BCUT2D eigenvalue weighted by Gasteiger charge is -2.15. The van der Waals surface area contributed by atoms with Crippen LogP contribution in [0.25, 0.3) is 0 Å². The van der Waals surface area contributed by atoms with Gasteiger partial charge in [-0.15, -0.1) is 0 Å². The Morgan fingerprint density at radius 2 is 1.86 bits per heavy atom. The third-order valence-electron chi connectivity index (χ3n) is 2.67. The number of rotatable bonds is 7. The van der Waals surface area contributed by atoms with Crippen LogP contribution < -0.4 is 15.4 Å². The molecule has 1 aromatic carbocycles. The number of nitrogens with one attached hydrogen (secondary N) is 2. The molecule has 0 aliphatic carbocycles. The van der Waals surface area contributed by atoms with Crippen molar-refractivity contribution in [1.82, 2.24) is 10.6 Å². The summed E-state index contributed by atoms with van der Waals surface area (Å²) >= 11 is 0. The number of amides is 2. The Labute approximate surface area is 122 Å². The normalized spacial score (nSPS) is 11.4. The fourth-order valence-corrected chi connectivity index (χ4v) is 1.51. The molecule has 7 nitrogen and oxygen atoms in total. The van der Waals surface area contributed by atoms with E-state index in [0.29, 0.717) is 11.3 Å². The van der Waals surface area contributed by atoms with Gasteiger partial charge in [0.15, 0.2) is 0 Å². The molecular formula is C14H18N2O5. The lowest BCUT2D eigenvalue weighted by atomic mass is 10.2. The maximum absolute atomic E-state index is 11.9. The number of carbonyl (C=O) groups excluding carboxylic acids is 3. The fraction of sp³-hybridized carbons (Fsp3) is 0.357. The quantitative estimate of drug-likeness (QED) is 0.628. The second-order valence-corrected chi connectivity index (χ2v) is 4.36. The van der Waals surface area contributed by atoms with Crippen molar-refractivity contribution in [3.8, 4) is 5.75 Å². The van der Waals surface area contributed by atoms with Crippen LogP contribution >= 0.6 is 0 Å². The number of carbonyl (C=O) groups is 3. The van der Waals surface area contributed by atoms with Crippen molar-refractivity contribution in [2.24, 2.45) is 0 Å². The molecule has 1 unspecified atom stereocenters. The van der Waals surface area contributed by atoms with Crippen LogP contribution in [0.4, 0.5) is 0 Å². The van der Waals surface area contributed by atoms with Crippen molar-refractivity contribution in [3.05, 3.63) is 29.8 Å². The summed E-state index contributed by atoms with van der Waals surface area (Å²) in [6.45, 7) is 0.615. The summed E-state index contributed by atoms with van der Waals surface area (Å²) < 4.78 is 4.98. The Morgan fingerprint density at radius 1 is 1.24 bits per heavy atom. The van der Waals surface area contributed by atoms with E-state index in [2.05, 4.69) is 10.6 Å². The molecule has 0 bridgehead atoms. The molecule has 0 aromatic heterocycles. The Bertz CT molecular complexity index is 513. The van der Waals surface area contributed by atoms with Crippen LogP contribution in [-0.4, -0.2) is 49.0 Å². The lowest BCUT2D eigenvalue weighted by molar-refractivity contribution is -0.126. The van der Waals surface area contributed by atoms with E-state index in [-0.39, 0.29) is 12.3 Å². The van der Waals surface area contributed by atoms with Gasteiger partial charge in [-0.05, 0) is 31.2 Å². The highest BCUT2D eigenvalue weighted by Crippen LogP contribution is 2.11. The third-order valence-corrected chi connectivity index (χ3v) is 2.67. The van der Waals surface area contributed by atoms with Gasteiger partial charge >= 0.3 is 0 Å². The zero-order valence-corrected chi connectivity index (χ0v) is 11.9. The van der Waals surface area contributed by atoms with E-state index in [1.54, 1.807) is 12.1 Å². The van der Waals surface area contributed by atoms with Gasteiger partial charge in [-0.1, -0.05) is 0 Å². The average Bonchev–Trinajstić information content (AvgIpc) is 2.50. The Kier molecular flexibility index (Phi) is 6.35. The van der Waals surface area contributed by atoms with E-state index in [0.717, 1.165) is 0 Å². The monoisotopic (exact) mass is 294 g/mol. The number of Topliss-reactive ketones (excluding diaryl/α,β-unsaturated/α-hetero) is 1. The van der Waals surface area contributed by atoms with Gasteiger partial charge in [-0.2, -0.15) is 0 Å². The van der Waals surface area contributed by atoms with Crippen LogP contribution in [0.5, 0.6) is 5.75 Å². The fourth-order valence-electron chi connectivity index (χ4n) is 1.51. The third kappa shape index (κ3) is 5.23. The van der Waals surface area contributed by atoms with Crippen LogP contribution in [0, 0.1) is 0 Å². The van der Waals surface area contributed by atoms with Crippen LogP contribution in [0.2, 0.25) is 0 Å². The number of hydrogen-bond donors (Lipinski definition) is 3. The average molecular weight is 294 g/mol. The van der Waals surface area contributed by atoms with Gasteiger partial charge in [-0.25, -0.2) is 0 Å². The molecule has 0 aliphatic rings. The van der Waals surface area contributed by atoms with Crippen molar-refractivity contribution >= 4 is 17.6 Å². The first kappa shape index (κ1) is 16.6. The Balaban J connectivity index is 2.64. The second kappa shape index (κ2) is 8.01. The van der Waals surface area contributed by atoms with Crippen molar-refractivity contribution in [3.63, 3.8) is 0 Å². The number of benzene rings is 1. The Hall–Kier alpha value is -2.41. The summed E-state index contributed by atoms with van der Waals surface area (Å²) in [5.74, 6) is -0.741. The minimum atomic E-state index is -1.11. The first-order valence-electron chi connectivity index (χ1n) is 6.31. The number of methoxy groups -OCH3 is 1. The molecule has 7 heteroatoms. The topological polar surface area (TPSA) is 105 Å². The number of aliphatic hydroxyl groups is 1. The summed E-state index contributed by atoms with van der Waals surface area (Å²) in [4.78, 5) is 34.4. The molecule has 2 amide bonds. The molecular weight excluding hydrogens is 276 g/mol. The van der Waals surface area contributed by atoms with Crippen LogP contribution in [0.1, 0.15) is 17.3 Å². The van der Waals surface area contributed by atoms with Gasteiger partial charge in [0.2, 0.25) is 5.91 Å². The molecule has 0 heterocycles. The van der Waals surface area contributed by atoms with Gasteiger partial charge in [0.1, 0.15) is 17.6 Å². The predicted octanol–water partition coefficient (Wildman–Crippen LogP) is -0.509. The summed E-state index contributed by atoms with van der Waals surface area (Å²) in [6, 6.07) is 5.18. The summed E-state index contributed by atoms with van der Waals surface area (Å²) in [6.07, 6.45) is 0. The SMILES string of the molecule is COc1ccc(C(=O)NC(CO)C(=O)NCC(C)=O)cc1. The van der Waals surface area contributed by atoms with Gasteiger partial charge < -0.3 is 20.5 Å². The molecule has 0 radical (unpaired) electrons. The number of aliphatic hydroxyl groups excluding tert-OH is 1. The van der Waals surface area contributed by atoms with Crippen molar-refractivity contribution in [2.75, 3.05) is 20.3 Å². The van der Waals surface area contributed by atoms with Gasteiger partial charge in [0, 0.05) is 5.56 Å². The molecule has 0 aliphatic heterocycles. The summed E-state index contributed by atoms with van der Waals surface area (Å²) in [5, 5.41) is 13.9. The molecule has 0 spiro atoms. The number of hydrogen-bond acceptors (Lipinski definition) is 5. The molecule has 114 valence electrons. The highest BCUT2D eigenvalue weighted by molar-refractivity contribution is 5.98. The maximum atomic E-state index is 11.9. The van der Waals surface area contributed by atoms with E-state index in [1.165, 1.54) is 26.2 Å². The number of ketones is 1. The van der Waals surface area contributed by atoms with Crippen LogP contribution in [0.15, 0.2) is 24.3 Å². The van der Waals surface area contributed by atoms with E-state index >= 15 is 0 Å². The minimum Gasteiger partial charge on any atom is -0.497 e. The van der Waals surface area contributed by atoms with Crippen LogP contribution in [0.3, 0.4) is 0 Å². The first-order chi connectivity index (χ1) is 9.97. The van der Waals surface area contributed by atoms with E-state index in [9.17, 15) is 14.4 Å². The van der Waals surface area contributed by atoms with Gasteiger partial charge in [0.05, 0.1) is 20.3 Å².